The topological polar surface area (TPSA) is 66.8 Å². The molecule has 1 rings (SSSR count). The molecule has 0 bridgehead atoms. The van der Waals surface area contributed by atoms with Crippen molar-refractivity contribution in [2.24, 2.45) is 0 Å². The van der Waals surface area contributed by atoms with Crippen LogP contribution in [0, 0.1) is 0 Å². The Kier molecular flexibility index (Phi) is 3.34. The molecule has 1 saturated heterocycles. The van der Waals surface area contributed by atoms with Gasteiger partial charge < -0.3 is 9.84 Å². The fourth-order valence-electron chi connectivity index (χ4n) is 1.48. The predicted octanol–water partition coefficient (Wildman–Crippen LogP) is 0.905. The fourth-order valence-corrected chi connectivity index (χ4v) is 1.48. The number of carbonyl (C=O) groups excluding carboxylic acids is 2. The first-order valence-corrected chi connectivity index (χ1v) is 5.01. The highest BCUT2D eigenvalue weighted by Gasteiger charge is 2.37. The second-order valence-electron chi connectivity index (χ2n) is 4.62. The van der Waals surface area contributed by atoms with E-state index in [4.69, 9.17) is 9.84 Å². The Balaban J connectivity index is 2.69. The molecule has 0 radical (unpaired) electrons. The van der Waals surface area contributed by atoms with E-state index in [9.17, 15) is 9.59 Å². The van der Waals surface area contributed by atoms with Crippen LogP contribution in [0.4, 0.5) is 4.79 Å². The zero-order valence-corrected chi connectivity index (χ0v) is 9.32. The Bertz CT molecular complexity index is 269. The highest BCUT2D eigenvalue weighted by atomic mass is 16.6. The highest BCUT2D eigenvalue weighted by Crippen LogP contribution is 2.21. The molecule has 0 aromatic heterocycles. The van der Waals surface area contributed by atoms with E-state index in [-0.39, 0.29) is 12.5 Å². The number of amides is 2. The summed E-state index contributed by atoms with van der Waals surface area (Å²) in [6.07, 6.45) is 0.142. The van der Waals surface area contributed by atoms with Gasteiger partial charge in [0.25, 0.3) is 0 Å². The maximum atomic E-state index is 11.6. The van der Waals surface area contributed by atoms with Crippen LogP contribution in [0.15, 0.2) is 0 Å². The Labute approximate surface area is 89.0 Å². The number of hydrogen-bond acceptors (Lipinski definition) is 4. The smallest absolute Gasteiger partial charge is 0.417 e. The van der Waals surface area contributed by atoms with E-state index in [2.05, 4.69) is 0 Å². The molecule has 0 aromatic rings. The third-order valence-corrected chi connectivity index (χ3v) is 2.13. The van der Waals surface area contributed by atoms with Gasteiger partial charge in [0.2, 0.25) is 5.91 Å². The van der Waals surface area contributed by atoms with Gasteiger partial charge in [-0.1, -0.05) is 0 Å². The molecule has 1 atom stereocenters. The zero-order chi connectivity index (χ0) is 11.6. The van der Waals surface area contributed by atoms with Crippen LogP contribution in [-0.2, 0) is 9.53 Å². The summed E-state index contributed by atoms with van der Waals surface area (Å²) in [5.74, 6) is -0.275. The molecule has 1 aliphatic heterocycles. The first kappa shape index (κ1) is 12.0. The summed E-state index contributed by atoms with van der Waals surface area (Å²) in [6.45, 7) is 5.00. The monoisotopic (exact) mass is 215 g/mol. The Morgan fingerprint density at radius 3 is 2.67 bits per heavy atom. The summed E-state index contributed by atoms with van der Waals surface area (Å²) < 4.78 is 5.08. The van der Waals surface area contributed by atoms with Gasteiger partial charge in [0.05, 0.1) is 12.6 Å². The standard InChI is InChI=1S/C10H17NO4/c1-10(2,3)15-9(14)11-7(6-12)4-5-8(11)13/h7,12H,4-6H2,1-3H3/t7-/m1/s1. The molecule has 2 amide bonds. The van der Waals surface area contributed by atoms with Crippen molar-refractivity contribution in [3.8, 4) is 0 Å². The lowest BCUT2D eigenvalue weighted by atomic mass is 10.2. The van der Waals surface area contributed by atoms with Crippen LogP contribution in [0.25, 0.3) is 0 Å². The van der Waals surface area contributed by atoms with E-state index in [1.165, 1.54) is 0 Å². The van der Waals surface area contributed by atoms with E-state index >= 15 is 0 Å². The van der Waals surface area contributed by atoms with Crippen molar-refractivity contribution in [3.63, 3.8) is 0 Å². The molecule has 15 heavy (non-hydrogen) atoms. The molecule has 0 unspecified atom stereocenters. The number of aliphatic hydroxyl groups is 1. The van der Waals surface area contributed by atoms with Crippen LogP contribution in [0.1, 0.15) is 33.6 Å². The molecule has 5 nitrogen and oxygen atoms in total. The lowest BCUT2D eigenvalue weighted by Crippen LogP contribution is -2.43. The van der Waals surface area contributed by atoms with E-state index in [0.717, 1.165) is 4.90 Å². The predicted molar refractivity (Wildman–Crippen MR) is 53.2 cm³/mol. The van der Waals surface area contributed by atoms with Crippen molar-refractivity contribution in [3.05, 3.63) is 0 Å². The first-order valence-electron chi connectivity index (χ1n) is 5.01. The number of nitrogens with zero attached hydrogens (tertiary/aromatic N) is 1. The van der Waals surface area contributed by atoms with Crippen molar-refractivity contribution >= 4 is 12.0 Å². The van der Waals surface area contributed by atoms with Crippen molar-refractivity contribution in [2.45, 2.75) is 45.3 Å². The number of imide groups is 1. The third kappa shape index (κ3) is 2.92. The molecule has 0 spiro atoms. The number of likely N-dealkylation sites (tertiary alicyclic amines) is 1. The van der Waals surface area contributed by atoms with Crippen LogP contribution in [0.5, 0.6) is 0 Å². The minimum absolute atomic E-state index is 0.203. The summed E-state index contributed by atoms with van der Waals surface area (Å²) >= 11 is 0. The highest BCUT2D eigenvalue weighted by molar-refractivity contribution is 5.94. The third-order valence-electron chi connectivity index (χ3n) is 2.13. The van der Waals surface area contributed by atoms with E-state index in [0.29, 0.717) is 12.8 Å². The molecule has 0 aromatic carbocycles. The van der Waals surface area contributed by atoms with E-state index in [1.807, 2.05) is 0 Å². The van der Waals surface area contributed by atoms with Gasteiger partial charge in [0, 0.05) is 6.42 Å². The summed E-state index contributed by atoms with van der Waals surface area (Å²) in [7, 11) is 0. The van der Waals surface area contributed by atoms with Crippen LogP contribution in [0.3, 0.4) is 0 Å². The second kappa shape index (κ2) is 4.18. The Hall–Kier alpha value is -1.10. The van der Waals surface area contributed by atoms with Crippen molar-refractivity contribution in [2.75, 3.05) is 6.61 Å². The van der Waals surface area contributed by atoms with Crippen LogP contribution in [0.2, 0.25) is 0 Å². The molecular formula is C10H17NO4. The zero-order valence-electron chi connectivity index (χ0n) is 9.32. The number of ether oxygens (including phenoxy) is 1. The van der Waals surface area contributed by atoms with Gasteiger partial charge in [-0.25, -0.2) is 9.69 Å². The molecule has 1 fully saturated rings. The Morgan fingerprint density at radius 1 is 1.60 bits per heavy atom. The van der Waals surface area contributed by atoms with Gasteiger partial charge in [0.15, 0.2) is 0 Å². The maximum absolute atomic E-state index is 11.6. The summed E-state index contributed by atoms with van der Waals surface area (Å²) in [5.41, 5.74) is -0.625. The van der Waals surface area contributed by atoms with Crippen molar-refractivity contribution < 1.29 is 19.4 Å². The summed E-state index contributed by atoms with van der Waals surface area (Å²) in [4.78, 5) is 24.0. The van der Waals surface area contributed by atoms with Gasteiger partial charge >= 0.3 is 6.09 Å². The number of carbonyl (C=O) groups is 2. The van der Waals surface area contributed by atoms with Gasteiger partial charge in [-0.3, -0.25) is 4.79 Å². The van der Waals surface area contributed by atoms with Gasteiger partial charge in [-0.2, -0.15) is 0 Å². The molecule has 1 heterocycles. The minimum Gasteiger partial charge on any atom is -0.443 e. The molecule has 0 saturated carbocycles. The first-order chi connectivity index (χ1) is 6.85. The Morgan fingerprint density at radius 2 is 2.20 bits per heavy atom. The molecule has 1 aliphatic rings. The minimum atomic E-state index is -0.663. The molecule has 0 aliphatic carbocycles. The summed E-state index contributed by atoms with van der Waals surface area (Å²) in [5, 5.41) is 9.00. The normalized spacial score (nSPS) is 22.0. The van der Waals surface area contributed by atoms with Gasteiger partial charge in [0.1, 0.15) is 5.60 Å². The van der Waals surface area contributed by atoms with Crippen molar-refractivity contribution in [1.29, 1.82) is 0 Å². The van der Waals surface area contributed by atoms with Crippen molar-refractivity contribution in [1.82, 2.24) is 4.90 Å². The molecular weight excluding hydrogens is 198 g/mol. The number of rotatable bonds is 1. The maximum Gasteiger partial charge on any atom is 0.417 e. The lowest BCUT2D eigenvalue weighted by Gasteiger charge is -2.26. The van der Waals surface area contributed by atoms with Crippen LogP contribution < -0.4 is 0 Å². The average Bonchev–Trinajstić information content (AvgIpc) is 2.43. The fraction of sp³-hybridized carbons (Fsp3) is 0.800. The average molecular weight is 215 g/mol. The van der Waals surface area contributed by atoms with Crippen LogP contribution >= 0.6 is 0 Å². The van der Waals surface area contributed by atoms with E-state index in [1.54, 1.807) is 20.8 Å². The van der Waals surface area contributed by atoms with E-state index < -0.39 is 17.7 Å². The van der Waals surface area contributed by atoms with Gasteiger partial charge in [-0.05, 0) is 27.2 Å². The summed E-state index contributed by atoms with van der Waals surface area (Å²) in [6, 6.07) is -0.424. The lowest BCUT2D eigenvalue weighted by molar-refractivity contribution is -0.128. The van der Waals surface area contributed by atoms with Gasteiger partial charge in [-0.15, -0.1) is 0 Å². The number of aliphatic hydroxyl groups excluding tert-OH is 1. The molecule has 86 valence electrons. The quantitative estimate of drug-likeness (QED) is 0.705. The molecule has 1 N–H and O–H groups in total. The molecule has 5 heteroatoms. The second-order valence-corrected chi connectivity index (χ2v) is 4.62. The number of hydrogen-bond donors (Lipinski definition) is 1. The SMILES string of the molecule is CC(C)(C)OC(=O)N1C(=O)CC[C@@H]1CO. The van der Waals surface area contributed by atoms with Crippen LogP contribution in [-0.4, -0.2) is 40.3 Å². The largest absolute Gasteiger partial charge is 0.443 e.